The molecule has 2 heterocycles. The highest BCUT2D eigenvalue weighted by Gasteiger charge is 2.11. The topological polar surface area (TPSA) is 51.8 Å². The second kappa shape index (κ2) is 5.18. The summed E-state index contributed by atoms with van der Waals surface area (Å²) in [7, 11) is 0. The van der Waals surface area contributed by atoms with Gasteiger partial charge in [0.1, 0.15) is 5.82 Å². The highest BCUT2D eigenvalue weighted by molar-refractivity contribution is 7.13. The molecule has 0 aliphatic heterocycles. The minimum atomic E-state index is 0.264. The Morgan fingerprint density at radius 1 is 1.44 bits per heavy atom. The Morgan fingerprint density at radius 2 is 2.31 bits per heavy atom. The summed E-state index contributed by atoms with van der Waals surface area (Å²) in [6.07, 6.45) is 2.79. The summed E-state index contributed by atoms with van der Waals surface area (Å²) in [5.41, 5.74) is 6.70. The molecule has 0 aliphatic rings. The molecule has 2 rings (SSSR count). The minimum Gasteiger partial charge on any atom is -0.330 e. The maximum absolute atomic E-state index is 5.71. The summed E-state index contributed by atoms with van der Waals surface area (Å²) in [5.74, 6) is 1.12. The molecule has 84 valence electrons. The number of hydrogen-bond donors (Lipinski definition) is 1. The normalized spacial score (nSPS) is 12.6. The standard InChI is InChI=1S/C12H15N3S/c1-2-9(8-13)12-14-6-5-10(15-12)11-4-3-7-16-11/h3-7,9H,2,8,13H2,1H3. The third-order valence-electron chi connectivity index (χ3n) is 2.59. The molecule has 4 heteroatoms. The molecule has 0 saturated carbocycles. The van der Waals surface area contributed by atoms with Crippen LogP contribution in [0.15, 0.2) is 29.8 Å². The molecule has 2 aromatic rings. The van der Waals surface area contributed by atoms with Crippen LogP contribution in [0, 0.1) is 0 Å². The van der Waals surface area contributed by atoms with Crippen LogP contribution in [0.25, 0.3) is 10.6 Å². The first kappa shape index (κ1) is 11.2. The van der Waals surface area contributed by atoms with Crippen molar-refractivity contribution in [3.05, 3.63) is 35.6 Å². The molecule has 3 nitrogen and oxygen atoms in total. The quantitative estimate of drug-likeness (QED) is 0.883. The van der Waals surface area contributed by atoms with Crippen LogP contribution in [0.3, 0.4) is 0 Å². The zero-order valence-corrected chi connectivity index (χ0v) is 10.1. The number of hydrogen-bond acceptors (Lipinski definition) is 4. The smallest absolute Gasteiger partial charge is 0.133 e. The molecule has 2 aromatic heterocycles. The van der Waals surface area contributed by atoms with Crippen molar-refractivity contribution in [3.63, 3.8) is 0 Å². The highest BCUT2D eigenvalue weighted by Crippen LogP contribution is 2.23. The van der Waals surface area contributed by atoms with E-state index in [0.29, 0.717) is 6.54 Å². The average Bonchev–Trinajstić information content (AvgIpc) is 2.85. The second-order valence-electron chi connectivity index (χ2n) is 3.62. The van der Waals surface area contributed by atoms with Crippen LogP contribution in [0.1, 0.15) is 25.1 Å². The summed E-state index contributed by atoms with van der Waals surface area (Å²) >= 11 is 1.69. The van der Waals surface area contributed by atoms with Crippen molar-refractivity contribution in [2.75, 3.05) is 6.54 Å². The van der Waals surface area contributed by atoms with Gasteiger partial charge in [0, 0.05) is 18.7 Å². The lowest BCUT2D eigenvalue weighted by atomic mass is 10.1. The zero-order chi connectivity index (χ0) is 11.4. The Labute approximate surface area is 99.4 Å². The minimum absolute atomic E-state index is 0.264. The van der Waals surface area contributed by atoms with Gasteiger partial charge >= 0.3 is 0 Å². The van der Waals surface area contributed by atoms with Crippen molar-refractivity contribution in [2.24, 2.45) is 5.73 Å². The van der Waals surface area contributed by atoms with E-state index in [9.17, 15) is 0 Å². The molecule has 0 saturated heterocycles. The van der Waals surface area contributed by atoms with Gasteiger partial charge in [-0.1, -0.05) is 13.0 Å². The molecule has 16 heavy (non-hydrogen) atoms. The lowest BCUT2D eigenvalue weighted by Gasteiger charge is -2.10. The van der Waals surface area contributed by atoms with Gasteiger partial charge in [0.05, 0.1) is 10.6 Å². The molecule has 1 unspecified atom stereocenters. The largest absolute Gasteiger partial charge is 0.330 e. The first-order chi connectivity index (χ1) is 7.85. The van der Waals surface area contributed by atoms with Crippen molar-refractivity contribution in [2.45, 2.75) is 19.3 Å². The van der Waals surface area contributed by atoms with Crippen LogP contribution in [0.4, 0.5) is 0 Å². The molecule has 0 aromatic carbocycles. The maximum atomic E-state index is 5.71. The van der Waals surface area contributed by atoms with Gasteiger partial charge in [0.15, 0.2) is 0 Å². The molecule has 0 aliphatic carbocycles. The molecule has 1 atom stereocenters. The summed E-state index contributed by atoms with van der Waals surface area (Å²) in [6, 6.07) is 6.04. The van der Waals surface area contributed by atoms with E-state index in [1.54, 1.807) is 11.3 Å². The summed E-state index contributed by atoms with van der Waals surface area (Å²) in [4.78, 5) is 10.1. The van der Waals surface area contributed by atoms with E-state index in [1.165, 1.54) is 4.88 Å². The van der Waals surface area contributed by atoms with Gasteiger partial charge in [-0.15, -0.1) is 11.3 Å². The van der Waals surface area contributed by atoms with Crippen molar-refractivity contribution < 1.29 is 0 Å². The van der Waals surface area contributed by atoms with Gasteiger partial charge in [-0.2, -0.15) is 0 Å². The lowest BCUT2D eigenvalue weighted by Crippen LogP contribution is -2.14. The van der Waals surface area contributed by atoms with Crippen molar-refractivity contribution in [1.29, 1.82) is 0 Å². The SMILES string of the molecule is CCC(CN)c1nccc(-c2cccs2)n1. The van der Waals surface area contributed by atoms with Gasteiger partial charge in [-0.3, -0.25) is 0 Å². The Balaban J connectivity index is 2.33. The van der Waals surface area contributed by atoms with Crippen LogP contribution in [0.5, 0.6) is 0 Å². The van der Waals surface area contributed by atoms with Crippen LogP contribution in [0.2, 0.25) is 0 Å². The van der Waals surface area contributed by atoms with E-state index < -0.39 is 0 Å². The van der Waals surface area contributed by atoms with Crippen LogP contribution < -0.4 is 5.73 Å². The van der Waals surface area contributed by atoms with E-state index in [1.807, 2.05) is 18.3 Å². The average molecular weight is 233 g/mol. The zero-order valence-electron chi connectivity index (χ0n) is 9.26. The number of rotatable bonds is 4. The summed E-state index contributed by atoms with van der Waals surface area (Å²) in [6.45, 7) is 2.71. The molecular formula is C12H15N3S. The molecule has 0 spiro atoms. The van der Waals surface area contributed by atoms with Gasteiger partial charge in [-0.05, 0) is 23.9 Å². The first-order valence-corrected chi connectivity index (χ1v) is 6.30. The van der Waals surface area contributed by atoms with Crippen molar-refractivity contribution >= 4 is 11.3 Å². The fourth-order valence-corrected chi connectivity index (χ4v) is 2.28. The monoisotopic (exact) mass is 233 g/mol. The Hall–Kier alpha value is -1.26. The van der Waals surface area contributed by atoms with Gasteiger partial charge < -0.3 is 5.73 Å². The number of nitrogens with two attached hydrogens (primary N) is 1. The van der Waals surface area contributed by atoms with E-state index in [2.05, 4.69) is 28.3 Å². The third kappa shape index (κ3) is 2.28. The fraction of sp³-hybridized carbons (Fsp3) is 0.333. The molecule has 0 radical (unpaired) electrons. The Morgan fingerprint density at radius 3 is 2.94 bits per heavy atom. The van der Waals surface area contributed by atoms with Gasteiger partial charge in [-0.25, -0.2) is 9.97 Å². The van der Waals surface area contributed by atoms with Crippen LogP contribution in [-0.4, -0.2) is 16.5 Å². The molecular weight excluding hydrogens is 218 g/mol. The number of thiophene rings is 1. The molecule has 0 fully saturated rings. The van der Waals surface area contributed by atoms with E-state index >= 15 is 0 Å². The van der Waals surface area contributed by atoms with E-state index in [4.69, 9.17) is 5.73 Å². The van der Waals surface area contributed by atoms with Crippen LogP contribution >= 0.6 is 11.3 Å². The van der Waals surface area contributed by atoms with Crippen molar-refractivity contribution in [1.82, 2.24) is 9.97 Å². The van der Waals surface area contributed by atoms with Crippen molar-refractivity contribution in [3.8, 4) is 10.6 Å². The number of nitrogens with zero attached hydrogens (tertiary/aromatic N) is 2. The predicted molar refractivity (Wildman–Crippen MR) is 67.4 cm³/mol. The van der Waals surface area contributed by atoms with Gasteiger partial charge in [0.2, 0.25) is 0 Å². The fourth-order valence-electron chi connectivity index (χ4n) is 1.59. The lowest BCUT2D eigenvalue weighted by molar-refractivity contribution is 0.631. The first-order valence-electron chi connectivity index (χ1n) is 5.42. The maximum Gasteiger partial charge on any atom is 0.133 e. The third-order valence-corrected chi connectivity index (χ3v) is 3.48. The molecule has 0 amide bonds. The number of aromatic nitrogens is 2. The van der Waals surface area contributed by atoms with E-state index in [0.717, 1.165) is 17.9 Å². The predicted octanol–water partition coefficient (Wildman–Crippen LogP) is 2.66. The van der Waals surface area contributed by atoms with Crippen LogP contribution in [-0.2, 0) is 0 Å². The Kier molecular flexibility index (Phi) is 3.64. The highest BCUT2D eigenvalue weighted by atomic mass is 32.1. The molecule has 2 N–H and O–H groups in total. The Bertz CT molecular complexity index is 435. The summed E-state index contributed by atoms with van der Waals surface area (Å²) in [5, 5.41) is 2.05. The summed E-state index contributed by atoms with van der Waals surface area (Å²) < 4.78 is 0. The second-order valence-corrected chi connectivity index (χ2v) is 4.57. The molecule has 0 bridgehead atoms. The van der Waals surface area contributed by atoms with Gasteiger partial charge in [0.25, 0.3) is 0 Å². The van der Waals surface area contributed by atoms with E-state index in [-0.39, 0.29) is 5.92 Å².